The van der Waals surface area contributed by atoms with E-state index in [1.165, 1.54) is 23.1 Å². The van der Waals surface area contributed by atoms with Crippen molar-refractivity contribution in [1.82, 2.24) is 19.7 Å². The Labute approximate surface area is 205 Å². The molecular formula is C22H23ClN6O2S2. The van der Waals surface area contributed by atoms with Gasteiger partial charge in [-0.05, 0) is 50.2 Å². The molecule has 2 aromatic heterocycles. The van der Waals surface area contributed by atoms with Gasteiger partial charge in [0, 0.05) is 29.5 Å². The van der Waals surface area contributed by atoms with Crippen LogP contribution in [-0.2, 0) is 30.9 Å². The summed E-state index contributed by atoms with van der Waals surface area (Å²) in [6.07, 6.45) is 0.830. The molecule has 1 aliphatic heterocycles. The molecule has 1 aliphatic rings. The van der Waals surface area contributed by atoms with E-state index < -0.39 is 0 Å². The van der Waals surface area contributed by atoms with Gasteiger partial charge in [-0.1, -0.05) is 23.4 Å². The lowest BCUT2D eigenvalue weighted by atomic mass is 10.0. The first-order chi connectivity index (χ1) is 16.0. The predicted molar refractivity (Wildman–Crippen MR) is 130 cm³/mol. The first-order valence-electron chi connectivity index (χ1n) is 10.4. The fourth-order valence-corrected chi connectivity index (χ4v) is 5.80. The Morgan fingerprint density at radius 1 is 1.36 bits per heavy atom. The van der Waals surface area contributed by atoms with Crippen LogP contribution in [-0.4, -0.2) is 44.9 Å². The van der Waals surface area contributed by atoms with Crippen LogP contribution < -0.4 is 10.1 Å². The Kier molecular flexibility index (Phi) is 7.55. The van der Waals surface area contributed by atoms with Crippen molar-refractivity contribution in [3.8, 4) is 11.8 Å². The van der Waals surface area contributed by atoms with Gasteiger partial charge in [0.25, 0.3) is 0 Å². The van der Waals surface area contributed by atoms with Gasteiger partial charge in [-0.3, -0.25) is 4.79 Å². The third kappa shape index (κ3) is 5.50. The number of hydrogen-bond donors (Lipinski definition) is 1. The fourth-order valence-electron chi connectivity index (χ4n) is 3.56. The lowest BCUT2D eigenvalue weighted by Gasteiger charge is -2.21. The third-order valence-electron chi connectivity index (χ3n) is 5.24. The number of aromatic nitrogens is 3. The fraction of sp³-hybridized carbons (Fsp3) is 0.364. The maximum Gasteiger partial charge on any atom is 0.235 e. The van der Waals surface area contributed by atoms with E-state index in [9.17, 15) is 10.1 Å². The molecule has 172 valence electrons. The lowest BCUT2D eigenvalue weighted by molar-refractivity contribution is -0.113. The zero-order chi connectivity index (χ0) is 23.4. The summed E-state index contributed by atoms with van der Waals surface area (Å²) in [5.74, 6) is 1.37. The molecule has 0 bridgehead atoms. The summed E-state index contributed by atoms with van der Waals surface area (Å²) in [6.45, 7) is 4.62. The molecule has 0 saturated carbocycles. The number of thioether (sulfide) groups is 1. The highest BCUT2D eigenvalue weighted by atomic mass is 35.5. The number of carbonyl (C=O) groups is 1. The Balaban J connectivity index is 1.37. The Bertz CT molecular complexity index is 1180. The van der Waals surface area contributed by atoms with Crippen molar-refractivity contribution in [2.24, 2.45) is 0 Å². The zero-order valence-corrected chi connectivity index (χ0v) is 20.7. The molecule has 0 atom stereocenters. The average molecular weight is 503 g/mol. The van der Waals surface area contributed by atoms with Crippen molar-refractivity contribution in [1.29, 1.82) is 5.26 Å². The van der Waals surface area contributed by atoms with E-state index in [2.05, 4.69) is 33.5 Å². The maximum absolute atomic E-state index is 12.6. The number of ether oxygens (including phenoxy) is 1. The van der Waals surface area contributed by atoms with Gasteiger partial charge in [0.05, 0.1) is 11.3 Å². The van der Waals surface area contributed by atoms with Gasteiger partial charge in [-0.25, -0.2) is 0 Å². The van der Waals surface area contributed by atoms with E-state index in [0.717, 1.165) is 30.0 Å². The lowest BCUT2D eigenvalue weighted by Crippen LogP contribution is -2.25. The van der Waals surface area contributed by atoms with Gasteiger partial charge in [0.2, 0.25) is 5.91 Å². The summed E-state index contributed by atoms with van der Waals surface area (Å²) >= 11 is 8.71. The van der Waals surface area contributed by atoms with E-state index in [4.69, 9.17) is 16.3 Å². The van der Waals surface area contributed by atoms with Crippen LogP contribution in [0.2, 0.25) is 5.02 Å². The number of nitrogens with one attached hydrogen (secondary N) is 1. The first kappa shape index (κ1) is 23.6. The van der Waals surface area contributed by atoms with Crippen LogP contribution in [0.4, 0.5) is 5.00 Å². The summed E-state index contributed by atoms with van der Waals surface area (Å²) in [7, 11) is 2.06. The summed E-state index contributed by atoms with van der Waals surface area (Å²) in [4.78, 5) is 16.0. The number of anilines is 1. The highest BCUT2D eigenvalue weighted by Crippen LogP contribution is 2.36. The normalized spacial score (nSPS) is 13.4. The topological polar surface area (TPSA) is 96.1 Å². The number of nitrogens with zero attached hydrogens (tertiary/aromatic N) is 5. The standard InChI is InChI=1S/C22H23ClN6O2S2/c1-3-29-19(12-31-15-6-4-14(23)5-7-15)26-27-22(29)32-13-20(30)25-21-17(10-24)16-8-9-28(2)11-18(16)33-21/h4-7H,3,8-9,11-13H2,1-2H3,(H,25,30). The molecule has 0 fully saturated rings. The minimum Gasteiger partial charge on any atom is -0.486 e. The SMILES string of the molecule is CCn1c(COc2ccc(Cl)cc2)nnc1SCC(=O)Nc1sc2c(c1C#N)CCN(C)C2. The van der Waals surface area contributed by atoms with Crippen LogP contribution in [0.25, 0.3) is 0 Å². The van der Waals surface area contributed by atoms with Gasteiger partial charge in [0.1, 0.15) is 23.4 Å². The quantitative estimate of drug-likeness (QED) is 0.461. The molecule has 1 N–H and O–H groups in total. The van der Waals surface area contributed by atoms with E-state index in [1.807, 2.05) is 11.5 Å². The molecule has 4 rings (SSSR count). The van der Waals surface area contributed by atoms with E-state index in [-0.39, 0.29) is 18.3 Å². The van der Waals surface area contributed by atoms with Crippen LogP contribution in [0.1, 0.15) is 28.8 Å². The van der Waals surface area contributed by atoms with E-state index in [1.54, 1.807) is 24.3 Å². The second-order valence-corrected chi connectivity index (χ2v) is 10.0. The van der Waals surface area contributed by atoms with Crippen molar-refractivity contribution >= 4 is 45.6 Å². The second kappa shape index (κ2) is 10.6. The number of carbonyl (C=O) groups excluding carboxylic acids is 1. The van der Waals surface area contributed by atoms with E-state index in [0.29, 0.717) is 38.9 Å². The molecule has 8 nitrogen and oxygen atoms in total. The molecular weight excluding hydrogens is 480 g/mol. The number of thiophene rings is 1. The Hall–Kier alpha value is -2.58. The van der Waals surface area contributed by atoms with Crippen molar-refractivity contribution < 1.29 is 9.53 Å². The molecule has 0 unspecified atom stereocenters. The van der Waals surface area contributed by atoms with Gasteiger partial charge in [-0.15, -0.1) is 21.5 Å². The van der Waals surface area contributed by atoms with Crippen LogP contribution in [0.3, 0.4) is 0 Å². The number of nitriles is 1. The van der Waals surface area contributed by atoms with Gasteiger partial charge >= 0.3 is 0 Å². The van der Waals surface area contributed by atoms with Crippen LogP contribution >= 0.6 is 34.7 Å². The van der Waals surface area contributed by atoms with Crippen molar-refractivity contribution in [3.05, 3.63) is 51.1 Å². The molecule has 0 aliphatic carbocycles. The molecule has 33 heavy (non-hydrogen) atoms. The molecule has 0 spiro atoms. The number of amides is 1. The molecule has 0 radical (unpaired) electrons. The molecule has 0 saturated heterocycles. The largest absolute Gasteiger partial charge is 0.486 e. The average Bonchev–Trinajstić information content (AvgIpc) is 3.36. The maximum atomic E-state index is 12.6. The molecule has 11 heteroatoms. The van der Waals surface area contributed by atoms with Gasteiger partial charge in [0.15, 0.2) is 11.0 Å². The Morgan fingerprint density at radius 3 is 2.88 bits per heavy atom. The number of fused-ring (bicyclic) bond motifs is 1. The van der Waals surface area contributed by atoms with Gasteiger partial charge < -0.3 is 19.5 Å². The van der Waals surface area contributed by atoms with Crippen molar-refractivity contribution in [2.45, 2.75) is 38.2 Å². The number of rotatable bonds is 8. The smallest absolute Gasteiger partial charge is 0.235 e. The summed E-state index contributed by atoms with van der Waals surface area (Å²) in [5.41, 5.74) is 1.67. The number of benzene rings is 1. The highest BCUT2D eigenvalue weighted by Gasteiger charge is 2.24. The molecule has 1 aromatic carbocycles. The monoisotopic (exact) mass is 502 g/mol. The molecule has 3 aromatic rings. The van der Waals surface area contributed by atoms with Crippen LogP contribution in [0, 0.1) is 11.3 Å². The third-order valence-corrected chi connectivity index (χ3v) is 7.59. The van der Waals surface area contributed by atoms with E-state index >= 15 is 0 Å². The van der Waals surface area contributed by atoms with Crippen molar-refractivity contribution in [3.63, 3.8) is 0 Å². The minimum absolute atomic E-state index is 0.170. The number of halogens is 1. The van der Waals surface area contributed by atoms with Gasteiger partial charge in [-0.2, -0.15) is 5.26 Å². The van der Waals surface area contributed by atoms with Crippen LogP contribution in [0.5, 0.6) is 5.75 Å². The summed E-state index contributed by atoms with van der Waals surface area (Å²) < 4.78 is 7.70. The Morgan fingerprint density at radius 2 is 2.15 bits per heavy atom. The van der Waals surface area contributed by atoms with Crippen molar-refractivity contribution in [2.75, 3.05) is 24.7 Å². The summed E-state index contributed by atoms with van der Waals surface area (Å²) in [5, 5.41) is 22.9. The minimum atomic E-state index is -0.173. The molecule has 1 amide bonds. The summed E-state index contributed by atoms with van der Waals surface area (Å²) in [6, 6.07) is 9.40. The number of hydrogen-bond acceptors (Lipinski definition) is 8. The zero-order valence-electron chi connectivity index (χ0n) is 18.3. The van der Waals surface area contributed by atoms with Crippen LogP contribution in [0.15, 0.2) is 29.4 Å². The molecule has 3 heterocycles. The highest BCUT2D eigenvalue weighted by molar-refractivity contribution is 7.99. The second-order valence-electron chi connectivity index (χ2n) is 7.53. The first-order valence-corrected chi connectivity index (χ1v) is 12.6. The predicted octanol–water partition coefficient (Wildman–Crippen LogP) is 4.18. The number of likely N-dealkylation sites (N-methyl/N-ethyl adjacent to an activating group) is 1.